The normalized spacial score (nSPS) is 16.9. The van der Waals surface area contributed by atoms with Gasteiger partial charge in [0.15, 0.2) is 11.5 Å². The molecule has 0 N–H and O–H groups in total. The Hall–Kier alpha value is -1.97. The second-order valence-electron chi connectivity index (χ2n) is 5.90. The highest BCUT2D eigenvalue weighted by Gasteiger charge is 2.30. The highest BCUT2D eigenvalue weighted by atomic mass is 32.2. The van der Waals surface area contributed by atoms with Crippen LogP contribution in [0.5, 0.6) is 0 Å². The highest BCUT2D eigenvalue weighted by molar-refractivity contribution is 7.86. The number of aryl methyl sites for hydroxylation is 1. The van der Waals surface area contributed by atoms with Gasteiger partial charge in [-0.25, -0.2) is 4.98 Å². The van der Waals surface area contributed by atoms with E-state index in [4.69, 9.17) is 4.42 Å². The van der Waals surface area contributed by atoms with Gasteiger partial charge in [0, 0.05) is 52.8 Å². The molecule has 1 amide bonds. The fraction of sp³-hybridized carbons (Fsp3) is 0.467. The van der Waals surface area contributed by atoms with Crippen molar-refractivity contribution < 1.29 is 17.6 Å². The molecule has 0 aliphatic carbocycles. The van der Waals surface area contributed by atoms with Crippen molar-refractivity contribution in [2.24, 2.45) is 0 Å². The Morgan fingerprint density at radius 1 is 1.21 bits per heavy atom. The van der Waals surface area contributed by atoms with Crippen LogP contribution in [0.4, 0.5) is 0 Å². The lowest BCUT2D eigenvalue weighted by Crippen LogP contribution is -2.53. The number of amides is 1. The first kappa shape index (κ1) is 16.9. The van der Waals surface area contributed by atoms with Gasteiger partial charge in [-0.2, -0.15) is 17.0 Å². The minimum Gasteiger partial charge on any atom is -0.441 e. The molecule has 1 fully saturated rings. The molecule has 24 heavy (non-hydrogen) atoms. The Balaban J connectivity index is 1.72. The van der Waals surface area contributed by atoms with Crippen LogP contribution in [0, 0.1) is 6.92 Å². The standard InChI is InChI=1S/C15H20N4O4S/c1-11-16-13-10-12(4-5-14(13)23-11)15(20)18-6-8-19(9-7-18)24(21,22)17(2)3/h4-5,10H,6-9H2,1-3H3. The van der Waals surface area contributed by atoms with Crippen molar-refractivity contribution in [2.45, 2.75) is 6.92 Å². The van der Waals surface area contributed by atoms with Gasteiger partial charge in [-0.3, -0.25) is 4.79 Å². The molecule has 3 rings (SSSR count). The Bertz CT molecular complexity index is 867. The molecule has 1 aliphatic heterocycles. The van der Waals surface area contributed by atoms with Crippen molar-refractivity contribution in [1.29, 1.82) is 0 Å². The van der Waals surface area contributed by atoms with Gasteiger partial charge in [-0.05, 0) is 18.2 Å². The minimum atomic E-state index is -3.43. The molecular formula is C15H20N4O4S. The number of fused-ring (bicyclic) bond motifs is 1. The largest absolute Gasteiger partial charge is 0.441 e. The Morgan fingerprint density at radius 3 is 2.50 bits per heavy atom. The van der Waals surface area contributed by atoms with Crippen molar-refractivity contribution in [1.82, 2.24) is 18.5 Å². The molecule has 1 aliphatic rings. The van der Waals surface area contributed by atoms with Gasteiger partial charge >= 0.3 is 0 Å². The molecule has 0 radical (unpaired) electrons. The van der Waals surface area contributed by atoms with E-state index in [0.717, 1.165) is 0 Å². The van der Waals surface area contributed by atoms with Crippen molar-refractivity contribution in [2.75, 3.05) is 40.3 Å². The maximum atomic E-state index is 12.6. The van der Waals surface area contributed by atoms with Gasteiger partial charge in [-0.1, -0.05) is 0 Å². The fourth-order valence-corrected chi connectivity index (χ4v) is 3.80. The number of benzene rings is 1. The van der Waals surface area contributed by atoms with Crippen LogP contribution in [0.15, 0.2) is 22.6 Å². The molecule has 9 heteroatoms. The molecule has 1 aromatic heterocycles. The number of aromatic nitrogens is 1. The average Bonchev–Trinajstić information content (AvgIpc) is 2.93. The van der Waals surface area contributed by atoms with Crippen molar-refractivity contribution >= 4 is 27.2 Å². The maximum absolute atomic E-state index is 12.6. The summed E-state index contributed by atoms with van der Waals surface area (Å²) in [6, 6.07) is 5.14. The Kier molecular flexibility index (Phi) is 4.33. The van der Waals surface area contributed by atoms with E-state index < -0.39 is 10.2 Å². The zero-order chi connectivity index (χ0) is 17.5. The lowest BCUT2D eigenvalue weighted by molar-refractivity contribution is 0.0695. The van der Waals surface area contributed by atoms with Crippen LogP contribution in [0.1, 0.15) is 16.2 Å². The quantitative estimate of drug-likeness (QED) is 0.811. The van der Waals surface area contributed by atoms with Crippen LogP contribution in [-0.4, -0.2) is 73.1 Å². The van der Waals surface area contributed by atoms with E-state index in [1.807, 2.05) is 0 Å². The van der Waals surface area contributed by atoms with E-state index in [1.54, 1.807) is 30.0 Å². The van der Waals surface area contributed by atoms with Crippen LogP contribution in [0.3, 0.4) is 0 Å². The minimum absolute atomic E-state index is 0.126. The first-order chi connectivity index (χ1) is 11.3. The molecule has 8 nitrogen and oxygen atoms in total. The van der Waals surface area contributed by atoms with Gasteiger partial charge in [-0.15, -0.1) is 0 Å². The topological polar surface area (TPSA) is 87.0 Å². The second-order valence-corrected chi connectivity index (χ2v) is 8.04. The van der Waals surface area contributed by atoms with Crippen molar-refractivity contribution in [3.8, 4) is 0 Å². The number of hydrogen-bond donors (Lipinski definition) is 0. The average molecular weight is 352 g/mol. The number of carbonyl (C=O) groups excluding carboxylic acids is 1. The SMILES string of the molecule is Cc1nc2cc(C(=O)N3CCN(S(=O)(=O)N(C)C)CC3)ccc2o1. The molecule has 130 valence electrons. The van der Waals surface area contributed by atoms with Crippen LogP contribution >= 0.6 is 0 Å². The van der Waals surface area contributed by atoms with E-state index >= 15 is 0 Å². The summed E-state index contributed by atoms with van der Waals surface area (Å²) in [5.74, 6) is 0.427. The number of oxazole rings is 1. The summed E-state index contributed by atoms with van der Waals surface area (Å²) in [5.41, 5.74) is 1.82. The summed E-state index contributed by atoms with van der Waals surface area (Å²) >= 11 is 0. The molecule has 0 spiro atoms. The lowest BCUT2D eigenvalue weighted by atomic mass is 10.1. The Labute approximate surface area is 140 Å². The van der Waals surface area contributed by atoms with Crippen LogP contribution < -0.4 is 0 Å². The summed E-state index contributed by atoms with van der Waals surface area (Å²) in [6.45, 7) is 3.06. The molecule has 0 saturated carbocycles. The predicted octanol–water partition coefficient (Wildman–Crippen LogP) is 0.700. The molecule has 0 unspecified atom stereocenters. The van der Waals surface area contributed by atoms with Gasteiger partial charge in [0.2, 0.25) is 0 Å². The molecule has 0 bridgehead atoms. The molecule has 2 aromatic rings. The van der Waals surface area contributed by atoms with Crippen LogP contribution in [0.2, 0.25) is 0 Å². The highest BCUT2D eigenvalue weighted by Crippen LogP contribution is 2.19. The number of hydrogen-bond acceptors (Lipinski definition) is 5. The lowest BCUT2D eigenvalue weighted by Gasteiger charge is -2.35. The fourth-order valence-electron chi connectivity index (χ4n) is 2.71. The maximum Gasteiger partial charge on any atom is 0.281 e. The smallest absolute Gasteiger partial charge is 0.281 e. The zero-order valence-corrected chi connectivity index (χ0v) is 14.7. The monoisotopic (exact) mass is 352 g/mol. The summed E-state index contributed by atoms with van der Waals surface area (Å²) in [7, 11) is -0.430. The van der Waals surface area contributed by atoms with E-state index in [2.05, 4.69) is 4.98 Å². The number of rotatable bonds is 3. The molecule has 2 heterocycles. The van der Waals surface area contributed by atoms with E-state index in [9.17, 15) is 13.2 Å². The van der Waals surface area contributed by atoms with Crippen molar-refractivity contribution in [3.63, 3.8) is 0 Å². The van der Waals surface area contributed by atoms with E-state index in [0.29, 0.717) is 35.6 Å². The number of piperazine rings is 1. The predicted molar refractivity (Wildman–Crippen MR) is 88.8 cm³/mol. The summed E-state index contributed by atoms with van der Waals surface area (Å²) < 4.78 is 32.2. The van der Waals surface area contributed by atoms with E-state index in [-0.39, 0.29) is 19.0 Å². The summed E-state index contributed by atoms with van der Waals surface area (Å²) in [5, 5.41) is 0. The molecule has 1 saturated heterocycles. The first-order valence-corrected chi connectivity index (χ1v) is 9.03. The first-order valence-electron chi connectivity index (χ1n) is 7.63. The molecule has 0 atom stereocenters. The number of carbonyl (C=O) groups is 1. The van der Waals surface area contributed by atoms with Gasteiger partial charge in [0.25, 0.3) is 16.1 Å². The molecular weight excluding hydrogens is 332 g/mol. The Morgan fingerprint density at radius 2 is 1.88 bits per heavy atom. The van der Waals surface area contributed by atoms with Crippen molar-refractivity contribution in [3.05, 3.63) is 29.7 Å². The third-order valence-electron chi connectivity index (χ3n) is 4.06. The number of nitrogens with zero attached hydrogens (tertiary/aromatic N) is 4. The van der Waals surface area contributed by atoms with Gasteiger partial charge in [0.1, 0.15) is 5.52 Å². The third kappa shape index (κ3) is 3.02. The van der Waals surface area contributed by atoms with Crippen LogP contribution in [0.25, 0.3) is 11.1 Å². The summed E-state index contributed by atoms with van der Waals surface area (Å²) in [4.78, 5) is 18.5. The summed E-state index contributed by atoms with van der Waals surface area (Å²) in [6.07, 6.45) is 0. The van der Waals surface area contributed by atoms with Gasteiger partial charge < -0.3 is 9.32 Å². The van der Waals surface area contributed by atoms with Crippen LogP contribution in [-0.2, 0) is 10.2 Å². The van der Waals surface area contributed by atoms with Gasteiger partial charge in [0.05, 0.1) is 0 Å². The second kappa shape index (κ2) is 6.15. The molecule has 1 aromatic carbocycles. The zero-order valence-electron chi connectivity index (χ0n) is 13.9. The third-order valence-corrected chi connectivity index (χ3v) is 6.00. The van der Waals surface area contributed by atoms with E-state index in [1.165, 1.54) is 22.7 Å².